The lowest BCUT2D eigenvalue weighted by Crippen LogP contribution is -2.64. The fourth-order valence-electron chi connectivity index (χ4n) is 8.03. The molecule has 0 bridgehead atoms. The van der Waals surface area contributed by atoms with E-state index < -0.39 is 0 Å². The molecule has 1 unspecified atom stereocenters. The average molecular weight is 597 g/mol. The third-order valence-electron chi connectivity index (χ3n) is 11.1. The summed E-state index contributed by atoms with van der Waals surface area (Å²) in [6.45, 7) is 16.3. The summed E-state index contributed by atoms with van der Waals surface area (Å²) in [5, 5.41) is 0. The molecule has 10 nitrogen and oxygen atoms in total. The molecule has 1 aromatic rings. The first-order valence-corrected chi connectivity index (χ1v) is 16.6. The van der Waals surface area contributed by atoms with E-state index in [0.717, 1.165) is 122 Å². The predicted octanol–water partition coefficient (Wildman–Crippen LogP) is 4.44. The van der Waals surface area contributed by atoms with Gasteiger partial charge in [0.25, 0.3) is 5.91 Å². The zero-order valence-electron chi connectivity index (χ0n) is 27.1. The molecule has 1 aromatic heterocycles. The summed E-state index contributed by atoms with van der Waals surface area (Å²) in [5.74, 6) is 0.948. The number of carbonyl (C=O) groups is 3. The molecular formula is C33H52N6O4. The van der Waals surface area contributed by atoms with Crippen LogP contribution in [0.25, 0.3) is 0 Å². The van der Waals surface area contributed by atoms with Gasteiger partial charge in [0.05, 0.1) is 17.0 Å². The molecule has 5 rings (SSSR count). The Kier molecular flexibility index (Phi) is 9.64. The molecule has 4 aliphatic rings. The summed E-state index contributed by atoms with van der Waals surface area (Å²) in [5.41, 5.74) is 1.76. The number of hydrogen-bond donors (Lipinski definition) is 0. The SMILES string of the molecule is CCCCC1CN(CC2CCN(C(C)=O)CC2)C(=O)OC12CCN(C1(C)CCN(C(=O)c3c(C)ncnc3C)CC1)CC2. The van der Waals surface area contributed by atoms with Crippen LogP contribution in [0, 0.1) is 25.7 Å². The highest BCUT2D eigenvalue weighted by Gasteiger charge is 2.51. The largest absolute Gasteiger partial charge is 0.442 e. The Morgan fingerprint density at radius 1 is 0.953 bits per heavy atom. The fourth-order valence-corrected chi connectivity index (χ4v) is 8.03. The lowest BCUT2D eigenvalue weighted by molar-refractivity contribution is -0.136. The Bertz CT molecular complexity index is 1150. The number of likely N-dealkylation sites (tertiary alicyclic amines) is 3. The number of aryl methyl sites for hydroxylation is 2. The van der Waals surface area contributed by atoms with Crippen molar-refractivity contribution in [3.05, 3.63) is 23.3 Å². The second-order valence-electron chi connectivity index (χ2n) is 13.8. The first-order chi connectivity index (χ1) is 20.5. The van der Waals surface area contributed by atoms with Crippen LogP contribution in [0.1, 0.15) is 100 Å². The standard InChI is InChI=1S/C33H52N6O4/c1-6-7-8-28-22-38(21-27-9-15-36(16-10-27)26(4)40)31(42)43-33(28)13-19-39(20-14-33)32(5)11-17-37(18-12-32)30(41)29-24(2)34-23-35-25(29)3/h23,27-28H,6-22H2,1-5H3. The Balaban J connectivity index is 1.18. The van der Waals surface area contributed by atoms with Crippen LogP contribution in [-0.4, -0.2) is 111 Å². The number of ether oxygens (including phenoxy) is 1. The van der Waals surface area contributed by atoms with E-state index in [-0.39, 0.29) is 29.0 Å². The van der Waals surface area contributed by atoms with Crippen LogP contribution in [0.4, 0.5) is 4.79 Å². The summed E-state index contributed by atoms with van der Waals surface area (Å²) in [6.07, 6.45) is 10.2. The molecule has 0 saturated carbocycles. The highest BCUT2D eigenvalue weighted by Crippen LogP contribution is 2.43. The van der Waals surface area contributed by atoms with Crippen molar-refractivity contribution in [2.75, 3.05) is 52.4 Å². The quantitative estimate of drug-likeness (QED) is 0.459. The van der Waals surface area contributed by atoms with Crippen LogP contribution >= 0.6 is 0 Å². The van der Waals surface area contributed by atoms with Crippen LogP contribution in [0.3, 0.4) is 0 Å². The Morgan fingerprint density at radius 2 is 1.58 bits per heavy atom. The van der Waals surface area contributed by atoms with Gasteiger partial charge in [-0.3, -0.25) is 14.5 Å². The van der Waals surface area contributed by atoms with Crippen molar-refractivity contribution in [2.24, 2.45) is 11.8 Å². The van der Waals surface area contributed by atoms with Crippen molar-refractivity contribution in [1.82, 2.24) is 29.6 Å². The van der Waals surface area contributed by atoms with Crippen LogP contribution in [-0.2, 0) is 9.53 Å². The van der Waals surface area contributed by atoms with Gasteiger partial charge in [-0.25, -0.2) is 14.8 Å². The summed E-state index contributed by atoms with van der Waals surface area (Å²) >= 11 is 0. The van der Waals surface area contributed by atoms with Gasteiger partial charge in [0.1, 0.15) is 11.9 Å². The summed E-state index contributed by atoms with van der Waals surface area (Å²) in [7, 11) is 0. The number of rotatable bonds is 7. The number of hydrogen-bond acceptors (Lipinski definition) is 7. The predicted molar refractivity (Wildman–Crippen MR) is 165 cm³/mol. The molecule has 0 aromatic carbocycles. The van der Waals surface area contributed by atoms with Gasteiger partial charge < -0.3 is 19.4 Å². The Morgan fingerprint density at radius 3 is 2.16 bits per heavy atom. The van der Waals surface area contributed by atoms with Crippen LogP contribution in [0.15, 0.2) is 6.33 Å². The van der Waals surface area contributed by atoms with Crippen molar-refractivity contribution in [3.8, 4) is 0 Å². The minimum Gasteiger partial charge on any atom is -0.442 e. The van der Waals surface area contributed by atoms with Crippen LogP contribution < -0.4 is 0 Å². The molecule has 0 aliphatic carbocycles. The number of aromatic nitrogens is 2. The van der Waals surface area contributed by atoms with E-state index in [1.54, 1.807) is 6.92 Å². The monoisotopic (exact) mass is 596 g/mol. The van der Waals surface area contributed by atoms with E-state index >= 15 is 0 Å². The number of amides is 3. The normalized spacial score (nSPS) is 24.7. The molecular weight excluding hydrogens is 544 g/mol. The van der Waals surface area contributed by atoms with Gasteiger partial charge in [0, 0.05) is 83.6 Å². The summed E-state index contributed by atoms with van der Waals surface area (Å²) in [4.78, 5) is 55.5. The molecule has 0 radical (unpaired) electrons. The second kappa shape index (κ2) is 13.1. The Labute approximate surface area is 257 Å². The number of nitrogens with zero attached hydrogens (tertiary/aromatic N) is 6. The smallest absolute Gasteiger partial charge is 0.410 e. The molecule has 5 heterocycles. The molecule has 4 aliphatic heterocycles. The fraction of sp³-hybridized carbons (Fsp3) is 0.788. The maximum absolute atomic E-state index is 13.4. The minimum absolute atomic E-state index is 0.0219. The molecule has 43 heavy (non-hydrogen) atoms. The first kappa shape index (κ1) is 31.7. The van der Waals surface area contributed by atoms with Crippen molar-refractivity contribution in [3.63, 3.8) is 0 Å². The number of carbonyl (C=O) groups excluding carboxylic acids is 3. The molecule has 1 spiro atoms. The molecule has 10 heteroatoms. The van der Waals surface area contributed by atoms with Crippen molar-refractivity contribution in [2.45, 2.75) is 104 Å². The first-order valence-electron chi connectivity index (χ1n) is 16.6. The molecule has 4 saturated heterocycles. The lowest BCUT2D eigenvalue weighted by Gasteiger charge is -2.55. The van der Waals surface area contributed by atoms with Gasteiger partial charge >= 0.3 is 6.09 Å². The van der Waals surface area contributed by atoms with E-state index in [9.17, 15) is 14.4 Å². The maximum Gasteiger partial charge on any atom is 0.410 e. The van der Waals surface area contributed by atoms with Gasteiger partial charge in [0.2, 0.25) is 5.91 Å². The zero-order valence-corrected chi connectivity index (χ0v) is 27.1. The minimum atomic E-state index is -0.382. The molecule has 238 valence electrons. The Hall–Kier alpha value is -2.75. The summed E-state index contributed by atoms with van der Waals surface area (Å²) < 4.78 is 6.46. The zero-order chi connectivity index (χ0) is 30.8. The van der Waals surface area contributed by atoms with E-state index in [1.807, 2.05) is 28.5 Å². The molecule has 0 N–H and O–H groups in total. The highest BCUT2D eigenvalue weighted by molar-refractivity contribution is 5.96. The topological polar surface area (TPSA) is 99.2 Å². The van der Waals surface area contributed by atoms with Crippen LogP contribution in [0.2, 0.25) is 0 Å². The van der Waals surface area contributed by atoms with E-state index in [0.29, 0.717) is 17.4 Å². The van der Waals surface area contributed by atoms with Gasteiger partial charge in [-0.1, -0.05) is 19.8 Å². The molecule has 4 fully saturated rings. The average Bonchev–Trinajstić information content (AvgIpc) is 2.99. The third-order valence-corrected chi connectivity index (χ3v) is 11.1. The van der Waals surface area contributed by atoms with Gasteiger partial charge in [0.15, 0.2) is 0 Å². The molecule has 1 atom stereocenters. The van der Waals surface area contributed by atoms with Gasteiger partial charge in [-0.15, -0.1) is 0 Å². The third kappa shape index (κ3) is 6.69. The number of unbranched alkanes of at least 4 members (excludes halogenated alkanes) is 1. The van der Waals surface area contributed by atoms with Crippen molar-refractivity contribution < 1.29 is 19.1 Å². The lowest BCUT2D eigenvalue weighted by atomic mass is 9.74. The second-order valence-corrected chi connectivity index (χ2v) is 13.8. The maximum atomic E-state index is 13.4. The van der Waals surface area contributed by atoms with E-state index in [2.05, 4.69) is 28.7 Å². The van der Waals surface area contributed by atoms with Crippen molar-refractivity contribution >= 4 is 17.9 Å². The van der Waals surface area contributed by atoms with Gasteiger partial charge in [-0.2, -0.15) is 0 Å². The van der Waals surface area contributed by atoms with Crippen LogP contribution in [0.5, 0.6) is 0 Å². The van der Waals surface area contributed by atoms with Crippen molar-refractivity contribution in [1.29, 1.82) is 0 Å². The molecule has 3 amide bonds. The highest BCUT2D eigenvalue weighted by atomic mass is 16.6. The van der Waals surface area contributed by atoms with Gasteiger partial charge in [-0.05, 0) is 58.8 Å². The summed E-state index contributed by atoms with van der Waals surface area (Å²) in [6, 6.07) is 0. The number of piperidine rings is 3. The van der Waals surface area contributed by atoms with E-state index in [4.69, 9.17) is 4.74 Å². The van der Waals surface area contributed by atoms with E-state index in [1.165, 1.54) is 6.33 Å².